The van der Waals surface area contributed by atoms with Gasteiger partial charge in [0, 0.05) is 11.6 Å². The normalized spacial score (nSPS) is 28.7. The van der Waals surface area contributed by atoms with E-state index in [0.717, 1.165) is 44.2 Å². The van der Waals surface area contributed by atoms with Crippen molar-refractivity contribution in [2.24, 2.45) is 5.92 Å². The number of carbonyl (C=O) groups is 2. The standard InChI is InChI=1S/C21H25F3N2O5/c22-21(23,24)13-7-4-8-14(9-13)25-20(28)31-16-11-30-17-15(10-29-18(16)17)26-19(27)12-5-2-1-3-6-12/h4,7-9,12,15-18H,1-3,5-6,10-11H2,(H,25,28)(H,26,27)/t15-,16+,17+,18+/m0/s1. The van der Waals surface area contributed by atoms with Crippen LogP contribution in [0.25, 0.3) is 0 Å². The smallest absolute Gasteiger partial charge is 0.416 e. The Kier molecular flexibility index (Phi) is 6.38. The van der Waals surface area contributed by atoms with E-state index < -0.39 is 36.1 Å². The SMILES string of the molecule is O=C(Nc1cccc(C(F)(F)F)c1)O[C@@H]1CO[C@H]2[C@@H]1OC[C@@H]2NC(=O)C1CCCCC1. The lowest BCUT2D eigenvalue weighted by Crippen LogP contribution is -2.46. The summed E-state index contributed by atoms with van der Waals surface area (Å²) in [5.41, 5.74) is -0.898. The first kappa shape index (κ1) is 21.9. The minimum absolute atomic E-state index is 0.00390. The van der Waals surface area contributed by atoms with E-state index in [1.165, 1.54) is 12.1 Å². The number of fused-ring (bicyclic) bond motifs is 1. The molecule has 0 unspecified atom stereocenters. The van der Waals surface area contributed by atoms with Crippen LogP contribution in [0, 0.1) is 5.92 Å². The Hall–Kier alpha value is -2.33. The number of halogens is 3. The minimum Gasteiger partial charge on any atom is -0.441 e. The predicted octanol–water partition coefficient (Wildman–Crippen LogP) is 3.49. The summed E-state index contributed by atoms with van der Waals surface area (Å²) in [5.74, 6) is 0.0173. The highest BCUT2D eigenvalue weighted by Crippen LogP contribution is 2.32. The van der Waals surface area contributed by atoms with E-state index in [-0.39, 0.29) is 36.8 Å². The Morgan fingerprint density at radius 3 is 2.52 bits per heavy atom. The van der Waals surface area contributed by atoms with Crippen LogP contribution in [-0.4, -0.2) is 49.6 Å². The molecule has 4 rings (SSSR count). The number of anilines is 1. The summed E-state index contributed by atoms with van der Waals surface area (Å²) in [4.78, 5) is 24.7. The van der Waals surface area contributed by atoms with Crippen molar-refractivity contribution in [2.45, 2.75) is 62.6 Å². The number of hydrogen-bond acceptors (Lipinski definition) is 5. The molecule has 1 aromatic carbocycles. The van der Waals surface area contributed by atoms with Crippen LogP contribution in [0.4, 0.5) is 23.7 Å². The number of alkyl halides is 3. The lowest BCUT2D eigenvalue weighted by atomic mass is 9.88. The van der Waals surface area contributed by atoms with Crippen LogP contribution in [0.15, 0.2) is 24.3 Å². The van der Waals surface area contributed by atoms with Crippen LogP contribution < -0.4 is 10.6 Å². The van der Waals surface area contributed by atoms with Gasteiger partial charge >= 0.3 is 12.3 Å². The van der Waals surface area contributed by atoms with Gasteiger partial charge in [0.05, 0.1) is 24.8 Å². The Morgan fingerprint density at radius 2 is 1.77 bits per heavy atom. The molecule has 4 atom stereocenters. The van der Waals surface area contributed by atoms with E-state index in [2.05, 4.69) is 10.6 Å². The van der Waals surface area contributed by atoms with Gasteiger partial charge in [-0.3, -0.25) is 10.1 Å². The third-order valence-corrected chi connectivity index (χ3v) is 6.01. The Morgan fingerprint density at radius 1 is 1.03 bits per heavy atom. The first-order valence-electron chi connectivity index (χ1n) is 10.5. The summed E-state index contributed by atoms with van der Waals surface area (Å²) in [7, 11) is 0. The first-order valence-corrected chi connectivity index (χ1v) is 10.5. The van der Waals surface area contributed by atoms with Crippen LogP contribution in [-0.2, 0) is 25.2 Å². The van der Waals surface area contributed by atoms with E-state index in [1.54, 1.807) is 0 Å². The molecular weight excluding hydrogens is 417 g/mol. The van der Waals surface area contributed by atoms with E-state index in [1.807, 2.05) is 0 Å². The molecule has 2 aliphatic heterocycles. The highest BCUT2D eigenvalue weighted by Gasteiger charge is 2.50. The average molecular weight is 442 g/mol. The quantitative estimate of drug-likeness (QED) is 0.746. The van der Waals surface area contributed by atoms with Gasteiger partial charge in [0.25, 0.3) is 0 Å². The molecule has 0 spiro atoms. The Labute approximate surface area is 177 Å². The van der Waals surface area contributed by atoms with Gasteiger partial charge in [0.1, 0.15) is 12.2 Å². The second-order valence-electron chi connectivity index (χ2n) is 8.19. The zero-order chi connectivity index (χ0) is 22.0. The second-order valence-corrected chi connectivity index (χ2v) is 8.19. The molecular formula is C21H25F3N2O5. The fraction of sp³-hybridized carbons (Fsp3) is 0.619. The number of benzene rings is 1. The average Bonchev–Trinajstić information content (AvgIpc) is 3.32. The van der Waals surface area contributed by atoms with Gasteiger partial charge in [0.15, 0.2) is 6.10 Å². The monoisotopic (exact) mass is 442 g/mol. The first-order chi connectivity index (χ1) is 14.8. The molecule has 2 saturated heterocycles. The van der Waals surface area contributed by atoms with Gasteiger partial charge in [-0.2, -0.15) is 13.2 Å². The van der Waals surface area contributed by atoms with Crippen LogP contribution in [0.3, 0.4) is 0 Å². The van der Waals surface area contributed by atoms with Gasteiger partial charge in [-0.05, 0) is 31.0 Å². The second kappa shape index (κ2) is 9.04. The van der Waals surface area contributed by atoms with Crippen LogP contribution in [0.2, 0.25) is 0 Å². The number of nitrogens with one attached hydrogen (secondary N) is 2. The topological polar surface area (TPSA) is 85.9 Å². The van der Waals surface area contributed by atoms with Crippen molar-refractivity contribution in [3.05, 3.63) is 29.8 Å². The van der Waals surface area contributed by atoms with E-state index in [4.69, 9.17) is 14.2 Å². The summed E-state index contributed by atoms with van der Waals surface area (Å²) in [6, 6.07) is 3.97. The summed E-state index contributed by atoms with van der Waals surface area (Å²) in [6.45, 7) is 0.337. The van der Waals surface area contributed by atoms with Crippen molar-refractivity contribution in [2.75, 3.05) is 18.5 Å². The lowest BCUT2D eigenvalue weighted by molar-refractivity contribution is -0.137. The maximum Gasteiger partial charge on any atom is 0.416 e. The fourth-order valence-electron chi connectivity index (χ4n) is 4.41. The van der Waals surface area contributed by atoms with Gasteiger partial charge in [-0.15, -0.1) is 0 Å². The summed E-state index contributed by atoms with van der Waals surface area (Å²) in [5, 5.41) is 5.31. The molecule has 1 aromatic rings. The zero-order valence-electron chi connectivity index (χ0n) is 16.8. The molecule has 0 bridgehead atoms. The highest BCUT2D eigenvalue weighted by atomic mass is 19.4. The number of rotatable bonds is 4. The lowest BCUT2D eigenvalue weighted by Gasteiger charge is -2.24. The molecule has 2 N–H and O–H groups in total. The van der Waals surface area contributed by atoms with Crippen molar-refractivity contribution >= 4 is 17.7 Å². The number of hydrogen-bond donors (Lipinski definition) is 2. The van der Waals surface area contributed by atoms with Crippen molar-refractivity contribution in [1.29, 1.82) is 0 Å². The molecule has 31 heavy (non-hydrogen) atoms. The molecule has 0 aromatic heterocycles. The Bertz CT molecular complexity index is 812. The number of carbonyl (C=O) groups excluding carboxylic acids is 2. The summed E-state index contributed by atoms with van der Waals surface area (Å²) in [6.07, 6.45) is -2.06. The van der Waals surface area contributed by atoms with E-state index in [9.17, 15) is 22.8 Å². The summed E-state index contributed by atoms with van der Waals surface area (Å²) >= 11 is 0. The number of amides is 2. The van der Waals surface area contributed by atoms with Crippen LogP contribution in [0.1, 0.15) is 37.7 Å². The number of ether oxygens (including phenoxy) is 3. The molecule has 2 amide bonds. The van der Waals surface area contributed by atoms with Crippen molar-refractivity contribution < 1.29 is 37.0 Å². The molecule has 10 heteroatoms. The van der Waals surface area contributed by atoms with E-state index in [0.29, 0.717) is 0 Å². The molecule has 1 saturated carbocycles. The zero-order valence-corrected chi connectivity index (χ0v) is 16.8. The van der Waals surface area contributed by atoms with Crippen molar-refractivity contribution in [3.63, 3.8) is 0 Å². The highest BCUT2D eigenvalue weighted by molar-refractivity contribution is 5.85. The summed E-state index contributed by atoms with van der Waals surface area (Å²) < 4.78 is 55.2. The Balaban J connectivity index is 1.29. The molecule has 7 nitrogen and oxygen atoms in total. The van der Waals surface area contributed by atoms with Crippen molar-refractivity contribution in [1.82, 2.24) is 5.32 Å². The largest absolute Gasteiger partial charge is 0.441 e. The maximum atomic E-state index is 12.8. The molecule has 3 fully saturated rings. The van der Waals surface area contributed by atoms with Gasteiger partial charge < -0.3 is 19.5 Å². The van der Waals surface area contributed by atoms with Gasteiger partial charge in [0.2, 0.25) is 5.91 Å². The maximum absolute atomic E-state index is 12.8. The predicted molar refractivity (Wildman–Crippen MR) is 103 cm³/mol. The third kappa shape index (κ3) is 5.12. The van der Waals surface area contributed by atoms with Gasteiger partial charge in [-0.1, -0.05) is 25.3 Å². The molecule has 2 heterocycles. The van der Waals surface area contributed by atoms with Crippen LogP contribution >= 0.6 is 0 Å². The van der Waals surface area contributed by atoms with E-state index >= 15 is 0 Å². The van der Waals surface area contributed by atoms with Crippen molar-refractivity contribution in [3.8, 4) is 0 Å². The third-order valence-electron chi connectivity index (χ3n) is 6.01. The van der Waals surface area contributed by atoms with Crippen LogP contribution in [0.5, 0.6) is 0 Å². The van der Waals surface area contributed by atoms with Gasteiger partial charge in [-0.25, -0.2) is 4.79 Å². The molecule has 0 radical (unpaired) electrons. The minimum atomic E-state index is -4.51. The molecule has 3 aliphatic rings. The molecule has 1 aliphatic carbocycles. The fourth-order valence-corrected chi connectivity index (χ4v) is 4.41. The molecule has 170 valence electrons.